The Kier molecular flexibility index (Phi) is 2.90. The highest BCUT2D eigenvalue weighted by Gasteiger charge is 2.23. The number of furan rings is 1. The predicted octanol–water partition coefficient (Wildman–Crippen LogP) is 2.25. The summed E-state index contributed by atoms with van der Waals surface area (Å²) in [4.78, 5) is 23.4. The van der Waals surface area contributed by atoms with Gasteiger partial charge in [-0.05, 0) is 31.2 Å². The Morgan fingerprint density at radius 2 is 2.20 bits per heavy atom. The summed E-state index contributed by atoms with van der Waals surface area (Å²) in [6.45, 7) is 1.67. The number of hydrogen-bond acceptors (Lipinski definition) is 4. The molecule has 1 aliphatic heterocycles. The maximum Gasteiger partial charge on any atom is 0.265 e. The van der Waals surface area contributed by atoms with Crippen molar-refractivity contribution < 1.29 is 18.7 Å². The van der Waals surface area contributed by atoms with Gasteiger partial charge in [-0.2, -0.15) is 0 Å². The molecule has 2 amide bonds. The largest absolute Gasteiger partial charge is 0.479 e. The first-order chi connectivity index (χ1) is 9.63. The molecule has 102 valence electrons. The molecule has 6 heteroatoms. The monoisotopic (exact) mass is 272 g/mol. The van der Waals surface area contributed by atoms with Crippen molar-refractivity contribution in [3.05, 3.63) is 42.4 Å². The van der Waals surface area contributed by atoms with Crippen molar-refractivity contribution >= 4 is 23.2 Å². The Morgan fingerprint density at radius 3 is 2.95 bits per heavy atom. The summed E-state index contributed by atoms with van der Waals surface area (Å²) in [6.07, 6.45) is 2.27. The molecule has 1 aromatic carbocycles. The van der Waals surface area contributed by atoms with E-state index in [1.54, 1.807) is 31.2 Å². The second-order valence-electron chi connectivity index (χ2n) is 4.43. The molecule has 1 atom stereocenters. The highest BCUT2D eigenvalue weighted by Crippen LogP contribution is 2.32. The molecule has 2 N–H and O–H groups in total. The van der Waals surface area contributed by atoms with Gasteiger partial charge in [0.2, 0.25) is 0 Å². The van der Waals surface area contributed by atoms with Crippen molar-refractivity contribution in [3.63, 3.8) is 0 Å². The lowest BCUT2D eigenvalue weighted by Gasteiger charge is -2.23. The molecule has 0 unspecified atom stereocenters. The van der Waals surface area contributed by atoms with Crippen molar-refractivity contribution in [2.75, 3.05) is 10.6 Å². The molecule has 0 aliphatic carbocycles. The summed E-state index contributed by atoms with van der Waals surface area (Å²) in [5.41, 5.74) is 1.53. The summed E-state index contributed by atoms with van der Waals surface area (Å²) >= 11 is 0. The minimum Gasteiger partial charge on any atom is -0.479 e. The number of carbonyl (C=O) groups excluding carboxylic acids is 2. The first-order valence-electron chi connectivity index (χ1n) is 6.08. The first-order valence-corrected chi connectivity index (χ1v) is 6.08. The van der Waals surface area contributed by atoms with E-state index in [1.165, 1.54) is 12.5 Å². The van der Waals surface area contributed by atoms with Crippen LogP contribution in [-0.2, 0) is 4.79 Å². The van der Waals surface area contributed by atoms with Crippen LogP contribution in [0.4, 0.5) is 11.4 Å². The van der Waals surface area contributed by atoms with Gasteiger partial charge in [-0.15, -0.1) is 0 Å². The van der Waals surface area contributed by atoms with E-state index in [2.05, 4.69) is 10.6 Å². The summed E-state index contributed by atoms with van der Waals surface area (Å²) in [6, 6.07) is 6.63. The molecular weight excluding hydrogens is 260 g/mol. The van der Waals surface area contributed by atoms with Crippen molar-refractivity contribution in [1.82, 2.24) is 0 Å². The highest BCUT2D eigenvalue weighted by molar-refractivity contribution is 6.05. The van der Waals surface area contributed by atoms with Gasteiger partial charge in [0.05, 0.1) is 17.5 Å². The topological polar surface area (TPSA) is 80.6 Å². The quantitative estimate of drug-likeness (QED) is 0.878. The SMILES string of the molecule is C[C@H]1Oc2ccc(NC(=O)c3ccoc3)cc2NC1=O. The molecule has 0 saturated heterocycles. The minimum absolute atomic E-state index is 0.212. The van der Waals surface area contributed by atoms with E-state index in [0.717, 1.165) is 0 Å². The number of rotatable bonds is 2. The van der Waals surface area contributed by atoms with Crippen molar-refractivity contribution in [2.45, 2.75) is 13.0 Å². The van der Waals surface area contributed by atoms with Crippen LogP contribution in [0.3, 0.4) is 0 Å². The number of ether oxygens (including phenoxy) is 1. The third-order valence-electron chi connectivity index (χ3n) is 2.95. The summed E-state index contributed by atoms with van der Waals surface area (Å²) in [7, 11) is 0. The Bertz CT molecular complexity index is 664. The van der Waals surface area contributed by atoms with Crippen LogP contribution in [0.2, 0.25) is 0 Å². The Hall–Kier alpha value is -2.76. The molecular formula is C14H12N2O4. The van der Waals surface area contributed by atoms with Crippen molar-refractivity contribution in [2.24, 2.45) is 0 Å². The van der Waals surface area contributed by atoms with Crippen LogP contribution < -0.4 is 15.4 Å². The fourth-order valence-corrected chi connectivity index (χ4v) is 1.88. The number of fused-ring (bicyclic) bond motifs is 1. The normalized spacial score (nSPS) is 16.9. The van der Waals surface area contributed by atoms with E-state index in [9.17, 15) is 9.59 Å². The molecule has 3 rings (SSSR count). The van der Waals surface area contributed by atoms with Gasteiger partial charge < -0.3 is 19.8 Å². The van der Waals surface area contributed by atoms with Crippen molar-refractivity contribution in [3.8, 4) is 5.75 Å². The average molecular weight is 272 g/mol. The Balaban J connectivity index is 1.81. The van der Waals surface area contributed by atoms with Gasteiger partial charge in [-0.3, -0.25) is 9.59 Å². The Labute approximate surface area is 114 Å². The molecule has 0 fully saturated rings. The van der Waals surface area contributed by atoms with Crippen LogP contribution in [0.25, 0.3) is 0 Å². The molecule has 2 heterocycles. The summed E-state index contributed by atoms with van der Waals surface area (Å²) in [5.74, 6) is 0.0874. The van der Waals surface area contributed by atoms with Crippen LogP contribution in [0.1, 0.15) is 17.3 Å². The summed E-state index contributed by atoms with van der Waals surface area (Å²) in [5, 5.41) is 5.44. The molecule has 0 spiro atoms. The third-order valence-corrected chi connectivity index (χ3v) is 2.95. The van der Waals surface area contributed by atoms with Crippen LogP contribution in [0, 0.1) is 0 Å². The molecule has 1 aliphatic rings. The van der Waals surface area contributed by atoms with E-state index >= 15 is 0 Å². The molecule has 0 bridgehead atoms. The van der Waals surface area contributed by atoms with Gasteiger partial charge in [0.1, 0.15) is 12.0 Å². The van der Waals surface area contributed by atoms with E-state index < -0.39 is 6.10 Å². The standard InChI is InChI=1S/C14H12N2O4/c1-8-13(17)16-11-6-10(2-3-12(11)20-8)15-14(18)9-4-5-19-7-9/h2-8H,1H3,(H,15,18)(H,16,17)/t8-/m1/s1. The van der Waals surface area contributed by atoms with E-state index in [4.69, 9.17) is 9.15 Å². The van der Waals surface area contributed by atoms with Gasteiger partial charge >= 0.3 is 0 Å². The van der Waals surface area contributed by atoms with Crippen molar-refractivity contribution in [1.29, 1.82) is 0 Å². The van der Waals surface area contributed by atoms with Gasteiger partial charge in [0, 0.05) is 5.69 Å². The number of carbonyl (C=O) groups is 2. The number of benzene rings is 1. The van der Waals surface area contributed by atoms with E-state index in [0.29, 0.717) is 22.7 Å². The molecule has 0 radical (unpaired) electrons. The van der Waals surface area contributed by atoms with Crippen LogP contribution in [-0.4, -0.2) is 17.9 Å². The zero-order chi connectivity index (χ0) is 14.1. The number of amides is 2. The average Bonchev–Trinajstić information content (AvgIpc) is 2.94. The molecule has 20 heavy (non-hydrogen) atoms. The number of nitrogens with one attached hydrogen (secondary N) is 2. The second kappa shape index (κ2) is 4.73. The fraction of sp³-hybridized carbons (Fsp3) is 0.143. The molecule has 1 aromatic heterocycles. The van der Waals surface area contributed by atoms with Crippen LogP contribution >= 0.6 is 0 Å². The lowest BCUT2D eigenvalue weighted by Crippen LogP contribution is -2.34. The highest BCUT2D eigenvalue weighted by atomic mass is 16.5. The zero-order valence-electron chi connectivity index (χ0n) is 10.7. The van der Waals surface area contributed by atoms with E-state index in [1.807, 2.05) is 0 Å². The summed E-state index contributed by atoms with van der Waals surface area (Å²) < 4.78 is 10.3. The molecule has 6 nitrogen and oxygen atoms in total. The first kappa shape index (κ1) is 12.3. The van der Waals surface area contributed by atoms with Gasteiger partial charge in [-0.25, -0.2) is 0 Å². The lowest BCUT2D eigenvalue weighted by molar-refractivity contribution is -0.122. The number of anilines is 2. The third kappa shape index (κ3) is 2.23. The lowest BCUT2D eigenvalue weighted by atomic mass is 10.2. The minimum atomic E-state index is -0.520. The van der Waals surface area contributed by atoms with Gasteiger partial charge in [0.15, 0.2) is 6.10 Å². The maximum atomic E-state index is 11.9. The van der Waals surface area contributed by atoms with E-state index in [-0.39, 0.29) is 11.8 Å². The second-order valence-corrected chi connectivity index (χ2v) is 4.43. The van der Waals surface area contributed by atoms with Gasteiger partial charge in [0.25, 0.3) is 11.8 Å². The smallest absolute Gasteiger partial charge is 0.265 e. The number of hydrogen-bond donors (Lipinski definition) is 2. The zero-order valence-corrected chi connectivity index (χ0v) is 10.7. The fourth-order valence-electron chi connectivity index (χ4n) is 1.88. The van der Waals surface area contributed by atoms with Crippen LogP contribution in [0.15, 0.2) is 41.2 Å². The van der Waals surface area contributed by atoms with Crippen LogP contribution in [0.5, 0.6) is 5.75 Å². The maximum absolute atomic E-state index is 11.9. The molecule has 2 aromatic rings. The predicted molar refractivity (Wildman–Crippen MR) is 71.8 cm³/mol. The molecule has 0 saturated carbocycles. The van der Waals surface area contributed by atoms with Gasteiger partial charge in [-0.1, -0.05) is 0 Å². The Morgan fingerprint density at radius 1 is 1.35 bits per heavy atom.